The van der Waals surface area contributed by atoms with E-state index in [1.807, 2.05) is 0 Å². The van der Waals surface area contributed by atoms with E-state index in [-0.39, 0.29) is 27.4 Å². The molecule has 0 heterocycles. The van der Waals surface area contributed by atoms with Gasteiger partial charge >= 0.3 is 5.97 Å². The lowest BCUT2D eigenvalue weighted by molar-refractivity contribution is -0.385. The van der Waals surface area contributed by atoms with Crippen molar-refractivity contribution in [2.75, 3.05) is 19.4 Å². The fourth-order valence-electron chi connectivity index (χ4n) is 2.61. The molecular formula is C20H23N3O7S. The van der Waals surface area contributed by atoms with Crippen molar-refractivity contribution in [2.45, 2.75) is 31.8 Å². The lowest BCUT2D eigenvalue weighted by Crippen LogP contribution is -2.30. The molecule has 0 aliphatic heterocycles. The van der Waals surface area contributed by atoms with E-state index in [1.54, 1.807) is 13.0 Å². The first-order valence-corrected chi connectivity index (χ1v) is 10.6. The summed E-state index contributed by atoms with van der Waals surface area (Å²) in [5, 5.41) is 13.5. The Bertz CT molecular complexity index is 1140. The number of nitro groups is 1. The molecule has 10 nitrogen and oxygen atoms in total. The zero-order chi connectivity index (χ0) is 23.5. The summed E-state index contributed by atoms with van der Waals surface area (Å²) in [7, 11) is -0.897. The molecule has 1 amide bonds. The summed E-state index contributed by atoms with van der Waals surface area (Å²) in [6, 6.07) is 8.07. The average Bonchev–Trinajstić information content (AvgIpc) is 2.68. The molecule has 0 saturated carbocycles. The van der Waals surface area contributed by atoms with Gasteiger partial charge in [0, 0.05) is 31.4 Å². The van der Waals surface area contributed by atoms with Gasteiger partial charge in [-0.05, 0) is 50.6 Å². The Hall–Kier alpha value is -3.31. The Morgan fingerprint density at radius 3 is 2.29 bits per heavy atom. The molecule has 2 aromatic rings. The zero-order valence-electron chi connectivity index (χ0n) is 17.7. The first-order valence-electron chi connectivity index (χ1n) is 9.14. The molecule has 0 aliphatic rings. The number of benzene rings is 2. The Morgan fingerprint density at radius 2 is 1.74 bits per heavy atom. The van der Waals surface area contributed by atoms with Crippen LogP contribution in [0.4, 0.5) is 11.4 Å². The third kappa shape index (κ3) is 5.44. The number of hydrogen-bond donors (Lipinski definition) is 1. The maximum Gasteiger partial charge on any atom is 0.338 e. The highest BCUT2D eigenvalue weighted by Crippen LogP contribution is 2.23. The summed E-state index contributed by atoms with van der Waals surface area (Å²) in [6.07, 6.45) is -1.20. The summed E-state index contributed by atoms with van der Waals surface area (Å²) < 4.78 is 30.8. The maximum absolute atomic E-state index is 12.5. The highest BCUT2D eigenvalue weighted by atomic mass is 32.2. The van der Waals surface area contributed by atoms with E-state index in [4.69, 9.17) is 4.74 Å². The van der Waals surface area contributed by atoms with Gasteiger partial charge < -0.3 is 10.1 Å². The van der Waals surface area contributed by atoms with E-state index >= 15 is 0 Å². The number of nitrogens with zero attached hydrogens (tertiary/aromatic N) is 2. The first kappa shape index (κ1) is 24.0. The van der Waals surface area contributed by atoms with Gasteiger partial charge in [0.25, 0.3) is 11.6 Å². The van der Waals surface area contributed by atoms with Gasteiger partial charge in [0.15, 0.2) is 6.10 Å². The van der Waals surface area contributed by atoms with Crippen molar-refractivity contribution >= 4 is 33.3 Å². The van der Waals surface area contributed by atoms with Gasteiger partial charge in [0.1, 0.15) is 0 Å². The normalized spacial score (nSPS) is 12.3. The Labute approximate surface area is 180 Å². The monoisotopic (exact) mass is 449 g/mol. The van der Waals surface area contributed by atoms with Crippen molar-refractivity contribution < 1.29 is 27.7 Å². The molecule has 1 N–H and O–H groups in total. The van der Waals surface area contributed by atoms with E-state index in [0.717, 1.165) is 4.31 Å². The lowest BCUT2D eigenvalue weighted by Gasteiger charge is -2.17. The molecule has 166 valence electrons. The van der Waals surface area contributed by atoms with Crippen molar-refractivity contribution in [2.24, 2.45) is 0 Å². The highest BCUT2D eigenvalue weighted by Gasteiger charge is 2.23. The molecule has 31 heavy (non-hydrogen) atoms. The van der Waals surface area contributed by atoms with Crippen molar-refractivity contribution in [3.05, 3.63) is 63.2 Å². The minimum Gasteiger partial charge on any atom is -0.449 e. The predicted molar refractivity (Wildman–Crippen MR) is 113 cm³/mol. The average molecular weight is 449 g/mol. The van der Waals surface area contributed by atoms with Gasteiger partial charge in [-0.1, -0.05) is 6.07 Å². The number of nitrogens with one attached hydrogen (secondary N) is 1. The van der Waals surface area contributed by atoms with Crippen molar-refractivity contribution in [3.8, 4) is 0 Å². The number of ether oxygens (including phenoxy) is 1. The van der Waals surface area contributed by atoms with Crippen LogP contribution in [0.15, 0.2) is 41.3 Å². The second-order valence-corrected chi connectivity index (χ2v) is 9.21. The van der Waals surface area contributed by atoms with Gasteiger partial charge in [0.05, 0.1) is 15.4 Å². The van der Waals surface area contributed by atoms with Crippen LogP contribution in [-0.2, 0) is 19.6 Å². The standard InChI is InChI=1S/C20H23N3O7S/c1-12-6-8-16(31(28,29)22(4)5)11-17(12)21-19(24)14(3)30-20(25)15-7-9-18(23(26)27)13(2)10-15/h6-11,14H,1-5H3,(H,21,24)/t14-/m0/s1. The summed E-state index contributed by atoms with van der Waals surface area (Å²) in [5.74, 6) is -1.48. The fraction of sp³-hybridized carbons (Fsp3) is 0.300. The fourth-order valence-corrected chi connectivity index (χ4v) is 3.54. The minimum atomic E-state index is -3.69. The highest BCUT2D eigenvalue weighted by molar-refractivity contribution is 7.89. The number of carbonyl (C=O) groups is 2. The van der Waals surface area contributed by atoms with Gasteiger partial charge in [-0.2, -0.15) is 0 Å². The number of rotatable bonds is 7. The Morgan fingerprint density at radius 1 is 1.10 bits per heavy atom. The van der Waals surface area contributed by atoms with E-state index in [9.17, 15) is 28.1 Å². The Balaban J connectivity index is 2.15. The quantitative estimate of drug-likeness (QED) is 0.390. The number of esters is 1. The van der Waals surface area contributed by atoms with Crippen LogP contribution in [-0.4, -0.2) is 49.7 Å². The zero-order valence-corrected chi connectivity index (χ0v) is 18.5. The summed E-state index contributed by atoms with van der Waals surface area (Å²) in [4.78, 5) is 35.1. The molecule has 0 aromatic heterocycles. The molecule has 11 heteroatoms. The SMILES string of the molecule is Cc1ccc(S(=O)(=O)N(C)C)cc1NC(=O)[C@H](C)OC(=O)c1ccc([N+](=O)[O-])c(C)c1. The molecule has 0 radical (unpaired) electrons. The summed E-state index contributed by atoms with van der Waals surface area (Å²) >= 11 is 0. The summed E-state index contributed by atoms with van der Waals surface area (Å²) in [5.41, 5.74) is 1.10. The van der Waals surface area contributed by atoms with Crippen LogP contribution in [0.1, 0.15) is 28.4 Å². The number of nitro benzene ring substituents is 1. The van der Waals surface area contributed by atoms with E-state index in [1.165, 1.54) is 58.3 Å². The molecule has 0 bridgehead atoms. The molecule has 0 fully saturated rings. The van der Waals surface area contributed by atoms with E-state index in [2.05, 4.69) is 5.32 Å². The van der Waals surface area contributed by atoms with Gasteiger partial charge in [0.2, 0.25) is 10.0 Å². The molecule has 0 unspecified atom stereocenters. The Kier molecular flexibility index (Phi) is 7.13. The number of anilines is 1. The van der Waals surface area contributed by atoms with Crippen LogP contribution >= 0.6 is 0 Å². The van der Waals surface area contributed by atoms with Crippen molar-refractivity contribution in [1.29, 1.82) is 0 Å². The van der Waals surface area contributed by atoms with E-state index in [0.29, 0.717) is 5.56 Å². The summed E-state index contributed by atoms with van der Waals surface area (Å²) in [6.45, 7) is 4.54. The molecule has 0 saturated heterocycles. The topological polar surface area (TPSA) is 136 Å². The van der Waals surface area contributed by atoms with Crippen LogP contribution in [0.3, 0.4) is 0 Å². The van der Waals surface area contributed by atoms with E-state index < -0.39 is 32.9 Å². The van der Waals surface area contributed by atoms with Gasteiger partial charge in [-0.15, -0.1) is 0 Å². The maximum atomic E-state index is 12.5. The molecule has 0 spiro atoms. The number of aryl methyl sites for hydroxylation is 2. The predicted octanol–water partition coefficient (Wildman–Crippen LogP) is 2.65. The number of amides is 1. The van der Waals surface area contributed by atoms with Gasteiger partial charge in [-0.25, -0.2) is 17.5 Å². The lowest BCUT2D eigenvalue weighted by atomic mass is 10.1. The van der Waals surface area contributed by atoms with Crippen LogP contribution in [0.25, 0.3) is 0 Å². The van der Waals surface area contributed by atoms with Crippen LogP contribution in [0.5, 0.6) is 0 Å². The smallest absolute Gasteiger partial charge is 0.338 e. The molecule has 1 atom stereocenters. The second kappa shape index (κ2) is 9.23. The number of carbonyl (C=O) groups excluding carboxylic acids is 2. The number of hydrogen-bond acceptors (Lipinski definition) is 7. The molecule has 2 rings (SSSR count). The third-order valence-corrected chi connectivity index (χ3v) is 6.34. The minimum absolute atomic E-state index is 0.00408. The third-order valence-electron chi connectivity index (χ3n) is 4.53. The van der Waals surface area contributed by atoms with Crippen LogP contribution < -0.4 is 5.32 Å². The largest absolute Gasteiger partial charge is 0.449 e. The molecular weight excluding hydrogens is 426 g/mol. The van der Waals surface area contributed by atoms with Crippen LogP contribution in [0, 0.1) is 24.0 Å². The van der Waals surface area contributed by atoms with Gasteiger partial charge in [-0.3, -0.25) is 14.9 Å². The second-order valence-electron chi connectivity index (χ2n) is 7.06. The molecule has 2 aromatic carbocycles. The van der Waals surface area contributed by atoms with Crippen molar-refractivity contribution in [3.63, 3.8) is 0 Å². The van der Waals surface area contributed by atoms with Crippen molar-refractivity contribution in [1.82, 2.24) is 4.31 Å². The van der Waals surface area contributed by atoms with Crippen LogP contribution in [0.2, 0.25) is 0 Å². The number of sulfonamides is 1. The first-order chi connectivity index (χ1) is 14.3. The molecule has 0 aliphatic carbocycles.